The van der Waals surface area contributed by atoms with Crippen molar-refractivity contribution >= 4 is 6.09 Å². The van der Waals surface area contributed by atoms with E-state index in [0.717, 1.165) is 12.1 Å². The second-order valence-electron chi connectivity index (χ2n) is 4.25. The van der Waals surface area contributed by atoms with Gasteiger partial charge < -0.3 is 14.5 Å². The Labute approximate surface area is 96.4 Å². The van der Waals surface area contributed by atoms with Gasteiger partial charge in [-0.3, -0.25) is 0 Å². The maximum atomic E-state index is 11.4. The maximum Gasteiger partial charge on any atom is 0.414 e. The van der Waals surface area contributed by atoms with Crippen molar-refractivity contribution in [2.75, 3.05) is 28.2 Å². The number of benzene rings is 1. The Morgan fingerprint density at radius 1 is 1.31 bits per heavy atom. The van der Waals surface area contributed by atoms with E-state index in [9.17, 15) is 4.79 Å². The van der Waals surface area contributed by atoms with Gasteiger partial charge in [-0.2, -0.15) is 0 Å². The van der Waals surface area contributed by atoms with Crippen LogP contribution in [0.2, 0.25) is 0 Å². The van der Waals surface area contributed by atoms with Crippen molar-refractivity contribution in [1.29, 1.82) is 0 Å². The summed E-state index contributed by atoms with van der Waals surface area (Å²) in [6, 6.07) is 7.61. The van der Waals surface area contributed by atoms with E-state index in [0.29, 0.717) is 5.75 Å². The lowest BCUT2D eigenvalue weighted by atomic mass is 10.2. The first-order valence-electron chi connectivity index (χ1n) is 5.26. The first-order valence-corrected chi connectivity index (χ1v) is 5.26. The van der Waals surface area contributed by atoms with Gasteiger partial charge in [-0.25, -0.2) is 4.79 Å². The van der Waals surface area contributed by atoms with Gasteiger partial charge in [0.15, 0.2) is 0 Å². The summed E-state index contributed by atoms with van der Waals surface area (Å²) in [5.74, 6) is 0.641. The molecule has 1 aromatic carbocycles. The number of hydrogen-bond donors (Lipinski definition) is 1. The third-order valence-corrected chi connectivity index (χ3v) is 2.08. The zero-order valence-electron chi connectivity index (χ0n) is 10.3. The molecule has 0 unspecified atom stereocenters. The number of rotatable bonds is 3. The molecule has 4 heteroatoms. The molecule has 0 saturated heterocycles. The summed E-state index contributed by atoms with van der Waals surface area (Å²) in [6.45, 7) is 0.830. The van der Waals surface area contributed by atoms with Crippen LogP contribution in [0.1, 0.15) is 5.56 Å². The summed E-state index contributed by atoms with van der Waals surface area (Å²) in [5.41, 5.74) is 1.04. The zero-order chi connectivity index (χ0) is 12.1. The lowest BCUT2D eigenvalue weighted by Gasteiger charge is -2.14. The van der Waals surface area contributed by atoms with Crippen LogP contribution < -0.4 is 9.64 Å². The van der Waals surface area contributed by atoms with E-state index < -0.39 is 0 Å². The SMILES string of the molecule is CN(C)C(=O)Oc1ccccc1C[NH+](C)C. The van der Waals surface area contributed by atoms with Gasteiger partial charge in [-0.05, 0) is 12.1 Å². The summed E-state index contributed by atoms with van der Waals surface area (Å²) in [5, 5.41) is 0. The summed E-state index contributed by atoms with van der Waals surface area (Å²) in [4.78, 5) is 14.1. The van der Waals surface area contributed by atoms with Gasteiger partial charge in [0.05, 0.1) is 14.1 Å². The first kappa shape index (κ1) is 12.5. The fourth-order valence-electron chi connectivity index (χ4n) is 1.32. The van der Waals surface area contributed by atoms with Gasteiger partial charge in [-0.1, -0.05) is 12.1 Å². The van der Waals surface area contributed by atoms with Crippen LogP contribution in [0, 0.1) is 0 Å². The van der Waals surface area contributed by atoms with Gasteiger partial charge in [-0.15, -0.1) is 0 Å². The molecule has 1 rings (SSSR count). The fraction of sp³-hybridized carbons (Fsp3) is 0.417. The average Bonchev–Trinajstić information content (AvgIpc) is 2.20. The molecule has 4 nitrogen and oxygen atoms in total. The van der Waals surface area contributed by atoms with Crippen LogP contribution in [0.5, 0.6) is 5.75 Å². The quantitative estimate of drug-likeness (QED) is 0.804. The molecular weight excluding hydrogens is 204 g/mol. The molecule has 0 heterocycles. The van der Waals surface area contributed by atoms with Crippen LogP contribution in [-0.2, 0) is 6.54 Å². The van der Waals surface area contributed by atoms with Gasteiger partial charge in [0.2, 0.25) is 0 Å². The first-order chi connectivity index (χ1) is 7.50. The van der Waals surface area contributed by atoms with Crippen LogP contribution in [0.25, 0.3) is 0 Å². The molecule has 0 saturated carbocycles. The highest BCUT2D eigenvalue weighted by atomic mass is 16.6. The second kappa shape index (κ2) is 5.51. The topological polar surface area (TPSA) is 34.0 Å². The summed E-state index contributed by atoms with van der Waals surface area (Å²) < 4.78 is 5.28. The minimum atomic E-state index is -0.346. The number of quaternary nitrogens is 1. The lowest BCUT2D eigenvalue weighted by molar-refractivity contribution is -0.872. The van der Waals surface area contributed by atoms with Crippen molar-refractivity contribution in [3.8, 4) is 5.75 Å². The standard InChI is InChI=1S/C12H18N2O2/c1-13(2)9-10-7-5-6-8-11(10)16-12(15)14(3)4/h5-8H,9H2,1-4H3/p+1. The van der Waals surface area contributed by atoms with E-state index in [1.54, 1.807) is 14.1 Å². The minimum Gasteiger partial charge on any atom is -0.410 e. The molecule has 0 aromatic heterocycles. The molecule has 88 valence electrons. The van der Waals surface area contributed by atoms with Gasteiger partial charge in [0.25, 0.3) is 0 Å². The molecule has 0 aliphatic heterocycles. The molecule has 0 bridgehead atoms. The van der Waals surface area contributed by atoms with E-state index in [-0.39, 0.29) is 6.09 Å². The highest BCUT2D eigenvalue weighted by Crippen LogP contribution is 2.17. The van der Waals surface area contributed by atoms with Gasteiger partial charge in [0.1, 0.15) is 12.3 Å². The predicted octanol–water partition coefficient (Wildman–Crippen LogP) is 0.392. The summed E-state index contributed by atoms with van der Waals surface area (Å²) >= 11 is 0. The smallest absolute Gasteiger partial charge is 0.410 e. The number of carbonyl (C=O) groups is 1. The van der Waals surface area contributed by atoms with Crippen molar-refractivity contribution < 1.29 is 14.4 Å². The van der Waals surface area contributed by atoms with Crippen LogP contribution in [0.3, 0.4) is 0 Å². The number of ether oxygens (including phenoxy) is 1. The maximum absolute atomic E-state index is 11.4. The summed E-state index contributed by atoms with van der Waals surface area (Å²) in [7, 11) is 7.46. The van der Waals surface area contributed by atoms with Crippen molar-refractivity contribution in [1.82, 2.24) is 4.90 Å². The van der Waals surface area contributed by atoms with Crippen molar-refractivity contribution in [2.45, 2.75) is 6.54 Å². The zero-order valence-corrected chi connectivity index (χ0v) is 10.3. The normalized spacial score (nSPS) is 10.3. The minimum absolute atomic E-state index is 0.346. The third kappa shape index (κ3) is 3.55. The van der Waals surface area contributed by atoms with Crippen molar-refractivity contribution in [3.05, 3.63) is 29.8 Å². The third-order valence-electron chi connectivity index (χ3n) is 2.08. The number of nitrogens with one attached hydrogen (secondary N) is 1. The number of amides is 1. The lowest BCUT2D eigenvalue weighted by Crippen LogP contribution is -3.04. The molecule has 0 fully saturated rings. The molecule has 1 N–H and O–H groups in total. The van der Waals surface area contributed by atoms with Crippen LogP contribution in [0.15, 0.2) is 24.3 Å². The second-order valence-corrected chi connectivity index (χ2v) is 4.25. The van der Waals surface area contributed by atoms with Gasteiger partial charge in [0, 0.05) is 19.7 Å². The fourth-order valence-corrected chi connectivity index (χ4v) is 1.32. The Balaban J connectivity index is 2.82. The largest absolute Gasteiger partial charge is 0.414 e. The number of carbonyl (C=O) groups excluding carboxylic acids is 1. The molecule has 0 aliphatic rings. The van der Waals surface area contributed by atoms with E-state index >= 15 is 0 Å². The van der Waals surface area contributed by atoms with Crippen molar-refractivity contribution in [3.63, 3.8) is 0 Å². The van der Waals surface area contributed by atoms with Crippen LogP contribution >= 0.6 is 0 Å². The predicted molar refractivity (Wildman–Crippen MR) is 62.7 cm³/mol. The van der Waals surface area contributed by atoms with Crippen molar-refractivity contribution in [2.24, 2.45) is 0 Å². The Morgan fingerprint density at radius 3 is 2.50 bits per heavy atom. The summed E-state index contributed by atoms with van der Waals surface area (Å²) in [6.07, 6.45) is -0.346. The van der Waals surface area contributed by atoms with E-state index in [2.05, 4.69) is 14.1 Å². The van der Waals surface area contributed by atoms with Crippen LogP contribution in [-0.4, -0.2) is 39.2 Å². The van der Waals surface area contributed by atoms with E-state index in [1.165, 1.54) is 9.80 Å². The average molecular weight is 223 g/mol. The Morgan fingerprint density at radius 2 is 1.94 bits per heavy atom. The molecule has 0 atom stereocenters. The molecule has 1 amide bonds. The molecular formula is C12H19N2O2+. The van der Waals surface area contributed by atoms with E-state index in [4.69, 9.17) is 4.74 Å². The molecule has 0 aliphatic carbocycles. The number of nitrogens with zero attached hydrogens (tertiary/aromatic N) is 1. The Hall–Kier alpha value is -1.55. The highest BCUT2D eigenvalue weighted by molar-refractivity contribution is 5.70. The molecule has 16 heavy (non-hydrogen) atoms. The number of para-hydroxylation sites is 1. The molecule has 1 aromatic rings. The molecule has 0 radical (unpaired) electrons. The van der Waals surface area contributed by atoms with Crippen LogP contribution in [0.4, 0.5) is 4.79 Å². The van der Waals surface area contributed by atoms with Gasteiger partial charge >= 0.3 is 6.09 Å². The van der Waals surface area contributed by atoms with E-state index in [1.807, 2.05) is 24.3 Å². The monoisotopic (exact) mass is 223 g/mol. The highest BCUT2D eigenvalue weighted by Gasteiger charge is 2.11. The Bertz CT molecular complexity index is 362. The number of hydrogen-bond acceptors (Lipinski definition) is 2. The molecule has 0 spiro atoms. The Kier molecular flexibility index (Phi) is 4.31.